The Morgan fingerprint density at radius 1 is 1.07 bits per heavy atom. The minimum atomic E-state index is -0.686. The zero-order valence-electron chi connectivity index (χ0n) is 14.5. The van der Waals surface area contributed by atoms with E-state index < -0.39 is 17.7 Å². The molecule has 1 aliphatic rings. The number of benzene rings is 1. The second kappa shape index (κ2) is 6.50. The van der Waals surface area contributed by atoms with E-state index in [1.54, 1.807) is 25.1 Å². The number of pyridine rings is 1. The first-order valence-corrected chi connectivity index (χ1v) is 8.51. The Balaban J connectivity index is 1.86. The molecule has 7 heteroatoms. The highest BCUT2D eigenvalue weighted by Crippen LogP contribution is 2.39. The fourth-order valence-corrected chi connectivity index (χ4v) is 3.78. The summed E-state index contributed by atoms with van der Waals surface area (Å²) >= 11 is 0. The minimum Gasteiger partial charge on any atom is -0.368 e. The molecule has 0 fully saturated rings. The Morgan fingerprint density at radius 3 is 2.63 bits per heavy atom. The van der Waals surface area contributed by atoms with Gasteiger partial charge in [0.2, 0.25) is 11.9 Å². The summed E-state index contributed by atoms with van der Waals surface area (Å²) < 4.78 is 29.0. The fourth-order valence-electron chi connectivity index (χ4n) is 3.78. The molecule has 0 saturated heterocycles. The molecule has 5 nitrogen and oxygen atoms in total. The maximum Gasteiger partial charge on any atom is 0.220 e. The highest BCUT2D eigenvalue weighted by atomic mass is 19.1. The predicted octanol–water partition coefficient (Wildman–Crippen LogP) is 3.62. The van der Waals surface area contributed by atoms with Gasteiger partial charge >= 0.3 is 0 Å². The van der Waals surface area contributed by atoms with Gasteiger partial charge in [-0.05, 0) is 42.7 Å². The summed E-state index contributed by atoms with van der Waals surface area (Å²) in [5, 5.41) is 0. The van der Waals surface area contributed by atoms with E-state index >= 15 is 0 Å². The average molecular weight is 366 g/mol. The molecule has 27 heavy (non-hydrogen) atoms. The topological polar surface area (TPSA) is 81.8 Å². The van der Waals surface area contributed by atoms with Crippen LogP contribution in [0.2, 0.25) is 0 Å². The number of aryl methyl sites for hydroxylation is 1. The lowest BCUT2D eigenvalue weighted by molar-refractivity contribution is 0.0961. The molecule has 0 amide bonds. The molecule has 1 atom stereocenters. The first kappa shape index (κ1) is 17.2. The molecule has 1 aliphatic carbocycles. The maximum atomic E-state index is 14.8. The largest absolute Gasteiger partial charge is 0.368 e. The van der Waals surface area contributed by atoms with Crippen LogP contribution in [-0.4, -0.2) is 20.7 Å². The molecule has 2 aromatic heterocycles. The van der Waals surface area contributed by atoms with Crippen LogP contribution < -0.4 is 5.73 Å². The van der Waals surface area contributed by atoms with Gasteiger partial charge in [-0.2, -0.15) is 4.39 Å². The molecule has 2 N–H and O–H groups in total. The zero-order chi connectivity index (χ0) is 19.1. The molecule has 4 rings (SSSR count). The average Bonchev–Trinajstić information content (AvgIpc) is 2.60. The number of halogens is 2. The highest BCUT2D eigenvalue weighted by Gasteiger charge is 2.32. The van der Waals surface area contributed by atoms with Crippen LogP contribution >= 0.6 is 0 Å². The van der Waals surface area contributed by atoms with Gasteiger partial charge in [0.1, 0.15) is 5.82 Å². The van der Waals surface area contributed by atoms with Crippen molar-refractivity contribution in [2.24, 2.45) is 0 Å². The third kappa shape index (κ3) is 2.95. The minimum absolute atomic E-state index is 0.0757. The molecular formula is C20H16F2N4O. The molecule has 0 radical (unpaired) electrons. The number of Topliss-reactive ketones (excluding diaryl/α,β-unsaturated/α-hetero) is 1. The molecular weight excluding hydrogens is 350 g/mol. The standard InChI is InChI=1S/C20H16F2N4O/c1-10-17-15(26-20(23)25-10)8-11(9-16(17)27)18-12(4-2-6-14(18)21)13-5-3-7-24-19(13)22/h2-7,11H,8-9H2,1H3,(H2,23,25,26). The Bertz CT molecular complexity index is 1070. The van der Waals surface area contributed by atoms with E-state index in [2.05, 4.69) is 15.0 Å². The number of carbonyl (C=O) groups is 1. The van der Waals surface area contributed by atoms with E-state index in [9.17, 15) is 13.6 Å². The molecule has 0 saturated carbocycles. The molecule has 0 aliphatic heterocycles. The Hall–Kier alpha value is -3.22. The van der Waals surface area contributed by atoms with Crippen molar-refractivity contribution in [3.05, 3.63) is 70.8 Å². The number of anilines is 1. The molecule has 1 unspecified atom stereocenters. The van der Waals surface area contributed by atoms with Crippen LogP contribution in [0.1, 0.15) is 39.6 Å². The van der Waals surface area contributed by atoms with Crippen molar-refractivity contribution in [3.8, 4) is 11.1 Å². The third-order valence-electron chi connectivity index (χ3n) is 4.84. The zero-order valence-corrected chi connectivity index (χ0v) is 14.5. The number of nitrogens with two attached hydrogens (primary N) is 1. The van der Waals surface area contributed by atoms with Crippen LogP contribution in [0.25, 0.3) is 11.1 Å². The lowest BCUT2D eigenvalue weighted by Crippen LogP contribution is -2.24. The fraction of sp³-hybridized carbons (Fsp3) is 0.200. The Kier molecular flexibility index (Phi) is 4.14. The summed E-state index contributed by atoms with van der Waals surface area (Å²) in [5.41, 5.74) is 8.07. The summed E-state index contributed by atoms with van der Waals surface area (Å²) in [5.74, 6) is -1.74. The van der Waals surface area contributed by atoms with Crippen molar-refractivity contribution in [2.75, 3.05) is 5.73 Å². The number of nitrogens with zero attached hydrogens (tertiary/aromatic N) is 3. The summed E-state index contributed by atoms with van der Waals surface area (Å²) in [7, 11) is 0. The van der Waals surface area contributed by atoms with Crippen LogP contribution in [0, 0.1) is 18.7 Å². The van der Waals surface area contributed by atoms with Gasteiger partial charge in [-0.15, -0.1) is 0 Å². The summed E-state index contributed by atoms with van der Waals surface area (Å²) in [6.07, 6.45) is 1.75. The summed E-state index contributed by atoms with van der Waals surface area (Å²) in [6.45, 7) is 1.70. The first-order chi connectivity index (χ1) is 13.0. The normalized spacial score (nSPS) is 16.3. The van der Waals surface area contributed by atoms with Crippen molar-refractivity contribution in [2.45, 2.75) is 25.7 Å². The van der Waals surface area contributed by atoms with Crippen molar-refractivity contribution in [1.82, 2.24) is 15.0 Å². The summed E-state index contributed by atoms with van der Waals surface area (Å²) in [4.78, 5) is 24.6. The van der Waals surface area contributed by atoms with Crippen molar-refractivity contribution >= 4 is 11.7 Å². The van der Waals surface area contributed by atoms with Gasteiger partial charge in [0.25, 0.3) is 0 Å². The number of rotatable bonds is 2. The van der Waals surface area contributed by atoms with Crippen LogP contribution in [0.4, 0.5) is 14.7 Å². The predicted molar refractivity (Wildman–Crippen MR) is 96.2 cm³/mol. The van der Waals surface area contributed by atoms with E-state index in [4.69, 9.17) is 5.73 Å². The van der Waals surface area contributed by atoms with Crippen LogP contribution in [-0.2, 0) is 6.42 Å². The number of carbonyl (C=O) groups excluding carboxylic acids is 1. The second-order valence-electron chi connectivity index (χ2n) is 6.56. The van der Waals surface area contributed by atoms with Crippen LogP contribution in [0.5, 0.6) is 0 Å². The lowest BCUT2D eigenvalue weighted by atomic mass is 9.78. The lowest BCUT2D eigenvalue weighted by Gasteiger charge is -2.26. The van der Waals surface area contributed by atoms with Gasteiger partial charge < -0.3 is 5.73 Å². The Labute approximate surface area is 154 Å². The maximum absolute atomic E-state index is 14.8. The molecule has 1 aromatic carbocycles. The van der Waals surface area contributed by atoms with Gasteiger partial charge in [0.15, 0.2) is 5.78 Å². The molecule has 0 bridgehead atoms. The molecule has 136 valence electrons. The summed E-state index contributed by atoms with van der Waals surface area (Å²) in [6, 6.07) is 7.60. The number of hydrogen-bond acceptors (Lipinski definition) is 5. The van der Waals surface area contributed by atoms with Gasteiger partial charge in [-0.25, -0.2) is 19.3 Å². The quantitative estimate of drug-likeness (QED) is 0.701. The molecule has 3 aromatic rings. The number of fused-ring (bicyclic) bond motifs is 1. The van der Waals surface area contributed by atoms with Crippen molar-refractivity contribution in [1.29, 1.82) is 0 Å². The van der Waals surface area contributed by atoms with Crippen LogP contribution in [0.15, 0.2) is 36.5 Å². The van der Waals surface area contributed by atoms with E-state index in [-0.39, 0.29) is 23.7 Å². The van der Waals surface area contributed by atoms with Gasteiger partial charge in [0, 0.05) is 24.1 Å². The third-order valence-corrected chi connectivity index (χ3v) is 4.84. The van der Waals surface area contributed by atoms with Gasteiger partial charge in [-0.1, -0.05) is 12.1 Å². The SMILES string of the molecule is Cc1nc(N)nc2c1C(=O)CC(c1c(F)cccc1-c1cccnc1F)C2. The van der Waals surface area contributed by atoms with E-state index in [0.29, 0.717) is 34.5 Å². The Morgan fingerprint density at radius 2 is 1.85 bits per heavy atom. The number of hydrogen-bond donors (Lipinski definition) is 1. The van der Waals surface area contributed by atoms with E-state index in [1.807, 2.05) is 0 Å². The van der Waals surface area contributed by atoms with Gasteiger partial charge in [0.05, 0.1) is 17.0 Å². The number of ketones is 1. The van der Waals surface area contributed by atoms with E-state index in [1.165, 1.54) is 18.3 Å². The van der Waals surface area contributed by atoms with Gasteiger partial charge in [-0.3, -0.25) is 4.79 Å². The monoisotopic (exact) mass is 366 g/mol. The number of nitrogen functional groups attached to an aromatic ring is 1. The molecule has 0 spiro atoms. The number of aromatic nitrogens is 3. The smallest absolute Gasteiger partial charge is 0.220 e. The van der Waals surface area contributed by atoms with E-state index in [0.717, 1.165) is 0 Å². The molecule has 2 heterocycles. The first-order valence-electron chi connectivity index (χ1n) is 8.51. The van der Waals surface area contributed by atoms with Crippen LogP contribution in [0.3, 0.4) is 0 Å². The van der Waals surface area contributed by atoms with Crippen molar-refractivity contribution in [3.63, 3.8) is 0 Å². The van der Waals surface area contributed by atoms with Crippen molar-refractivity contribution < 1.29 is 13.6 Å². The second-order valence-corrected chi connectivity index (χ2v) is 6.56. The highest BCUT2D eigenvalue weighted by molar-refractivity contribution is 6.00.